The van der Waals surface area contributed by atoms with Gasteiger partial charge in [0.05, 0.1) is 30.6 Å². The van der Waals surface area contributed by atoms with E-state index < -0.39 is 30.2 Å². The van der Waals surface area contributed by atoms with Gasteiger partial charge in [-0.1, -0.05) is 71.7 Å². The van der Waals surface area contributed by atoms with Gasteiger partial charge in [-0.3, -0.25) is 4.79 Å². The van der Waals surface area contributed by atoms with Crippen molar-refractivity contribution in [1.29, 1.82) is 0 Å². The molecule has 3 aromatic carbocycles. The molecule has 1 aliphatic rings. The molecule has 3 aromatic rings. The van der Waals surface area contributed by atoms with Crippen LogP contribution in [0.1, 0.15) is 35.4 Å². The van der Waals surface area contributed by atoms with Crippen molar-refractivity contribution in [3.63, 3.8) is 0 Å². The number of dihydropyridines is 1. The van der Waals surface area contributed by atoms with E-state index in [0.717, 1.165) is 16.0 Å². The van der Waals surface area contributed by atoms with Crippen LogP contribution in [0.2, 0.25) is 10.0 Å². The van der Waals surface area contributed by atoms with Crippen molar-refractivity contribution in [2.45, 2.75) is 35.8 Å². The minimum absolute atomic E-state index is 0.0262. The molecule has 1 aliphatic heterocycles. The average molecular weight is 613 g/mol. The molecule has 0 radical (unpaired) electrons. The fraction of sp³-hybridized carbons (Fsp3) is 0.194. The van der Waals surface area contributed by atoms with E-state index in [2.05, 4.69) is 5.32 Å². The molecule has 4 rings (SSSR count). The minimum Gasteiger partial charge on any atom is -0.478 e. The number of esters is 1. The summed E-state index contributed by atoms with van der Waals surface area (Å²) in [6.07, 6.45) is 0.281. The number of hydrogen-bond donors (Lipinski definition) is 3. The number of halogens is 2. The van der Waals surface area contributed by atoms with Crippen LogP contribution in [-0.4, -0.2) is 35.2 Å². The second-order valence-electron chi connectivity index (χ2n) is 9.21. The van der Waals surface area contributed by atoms with Gasteiger partial charge in [0.2, 0.25) is 0 Å². The summed E-state index contributed by atoms with van der Waals surface area (Å²) in [5, 5.41) is 23.8. The van der Waals surface area contributed by atoms with Gasteiger partial charge in [0.1, 0.15) is 0 Å². The molecule has 1 heterocycles. The van der Waals surface area contributed by atoms with Gasteiger partial charge in [0.15, 0.2) is 0 Å². The van der Waals surface area contributed by atoms with E-state index in [4.69, 9.17) is 27.9 Å². The normalized spacial score (nSPS) is 15.0. The Kier molecular flexibility index (Phi) is 10.2. The Morgan fingerprint density at radius 2 is 1.39 bits per heavy atom. The molecule has 212 valence electrons. The van der Waals surface area contributed by atoms with Crippen molar-refractivity contribution < 1.29 is 29.3 Å². The van der Waals surface area contributed by atoms with Crippen LogP contribution < -0.4 is 5.32 Å². The Balaban J connectivity index is 1.76. The van der Waals surface area contributed by atoms with Crippen molar-refractivity contribution in [3.8, 4) is 0 Å². The number of benzene rings is 3. The van der Waals surface area contributed by atoms with Crippen LogP contribution in [-0.2, 0) is 31.3 Å². The first-order valence-electron chi connectivity index (χ1n) is 12.7. The minimum atomic E-state index is -1.40. The number of carboxylic acids is 2. The number of ether oxygens (including phenoxy) is 1. The molecule has 0 saturated heterocycles. The zero-order valence-corrected chi connectivity index (χ0v) is 24.4. The maximum Gasteiger partial charge on any atom is 0.334 e. The lowest BCUT2D eigenvalue weighted by molar-refractivity contribution is -0.139. The number of methoxy groups -OCH3 is 1. The number of carbonyl (C=O) groups is 3. The quantitative estimate of drug-likeness (QED) is 0.159. The molecule has 0 amide bonds. The number of aliphatic carboxylic acids is 2. The van der Waals surface area contributed by atoms with Crippen LogP contribution in [0, 0.1) is 0 Å². The third-order valence-corrected chi connectivity index (χ3v) is 8.45. The fourth-order valence-corrected chi connectivity index (χ4v) is 6.39. The summed E-state index contributed by atoms with van der Waals surface area (Å²) < 4.78 is 4.79. The molecular formula is C31H27Cl2NO6S. The molecule has 0 fully saturated rings. The molecule has 0 saturated carbocycles. The standard InChI is InChI=1S/C31H27Cl2NO6S/c1-40-25(35)16-24-28(31(38)39)29(26-21(32)12-7-13-22(26)33)27(30(36)37)23(34-24)15-14-18-8-5-6-9-19(18)17-41-20-10-3-2-4-11-20/h2-13,29,34H,14-17H2,1H3,(H,36,37)(H,38,39). The summed E-state index contributed by atoms with van der Waals surface area (Å²) in [6.45, 7) is 0. The third-order valence-electron chi connectivity index (χ3n) is 6.73. The number of rotatable bonds is 11. The highest BCUT2D eigenvalue weighted by atomic mass is 35.5. The molecule has 10 heteroatoms. The predicted octanol–water partition coefficient (Wildman–Crippen LogP) is 6.85. The predicted molar refractivity (Wildman–Crippen MR) is 159 cm³/mol. The average Bonchev–Trinajstić information content (AvgIpc) is 2.95. The van der Waals surface area contributed by atoms with E-state index in [1.165, 1.54) is 19.2 Å². The summed E-state index contributed by atoms with van der Waals surface area (Å²) in [4.78, 5) is 38.8. The van der Waals surface area contributed by atoms with Gasteiger partial charge in [-0.2, -0.15) is 0 Å². The first-order chi connectivity index (χ1) is 19.7. The highest BCUT2D eigenvalue weighted by Crippen LogP contribution is 2.45. The third kappa shape index (κ3) is 7.14. The van der Waals surface area contributed by atoms with Gasteiger partial charge < -0.3 is 20.3 Å². The van der Waals surface area contributed by atoms with Crippen molar-refractivity contribution in [1.82, 2.24) is 5.32 Å². The Hall–Kier alpha value is -3.72. The van der Waals surface area contributed by atoms with E-state index in [1.807, 2.05) is 54.6 Å². The van der Waals surface area contributed by atoms with Crippen LogP contribution in [0.5, 0.6) is 0 Å². The number of nitrogens with one attached hydrogen (secondary N) is 1. The number of carbonyl (C=O) groups excluding carboxylic acids is 1. The van der Waals surface area contributed by atoms with E-state index in [-0.39, 0.29) is 44.6 Å². The van der Waals surface area contributed by atoms with Crippen LogP contribution in [0.3, 0.4) is 0 Å². The highest BCUT2D eigenvalue weighted by molar-refractivity contribution is 7.98. The van der Waals surface area contributed by atoms with Gasteiger partial charge >= 0.3 is 17.9 Å². The number of carboxylic acid groups (broad SMARTS) is 2. The molecule has 0 spiro atoms. The Labute approximate surface area is 251 Å². The lowest BCUT2D eigenvalue weighted by atomic mass is 9.78. The number of allylic oxidation sites excluding steroid dienone is 1. The molecule has 0 aromatic heterocycles. The second kappa shape index (κ2) is 13.8. The first kappa shape index (κ1) is 30.2. The zero-order valence-electron chi connectivity index (χ0n) is 22.0. The summed E-state index contributed by atoms with van der Waals surface area (Å²) in [6, 6.07) is 22.5. The molecule has 1 atom stereocenters. The highest BCUT2D eigenvalue weighted by Gasteiger charge is 2.40. The number of aryl methyl sites for hydroxylation is 1. The van der Waals surface area contributed by atoms with Gasteiger partial charge in [-0.15, -0.1) is 11.8 Å². The fourth-order valence-electron chi connectivity index (χ4n) is 4.82. The van der Waals surface area contributed by atoms with Gasteiger partial charge in [-0.05, 0) is 48.2 Å². The maximum atomic E-state index is 12.8. The van der Waals surface area contributed by atoms with E-state index in [1.54, 1.807) is 17.8 Å². The summed E-state index contributed by atoms with van der Waals surface area (Å²) >= 11 is 14.7. The van der Waals surface area contributed by atoms with Crippen molar-refractivity contribution in [2.75, 3.05) is 7.11 Å². The topological polar surface area (TPSA) is 113 Å². The van der Waals surface area contributed by atoms with E-state index >= 15 is 0 Å². The summed E-state index contributed by atoms with van der Waals surface area (Å²) in [5.41, 5.74) is 2.04. The lowest BCUT2D eigenvalue weighted by Gasteiger charge is -2.32. The Morgan fingerprint density at radius 3 is 2.00 bits per heavy atom. The largest absolute Gasteiger partial charge is 0.478 e. The van der Waals surface area contributed by atoms with Crippen molar-refractivity contribution >= 4 is 52.9 Å². The van der Waals surface area contributed by atoms with E-state index in [9.17, 15) is 24.6 Å². The SMILES string of the molecule is COC(=O)CC1=C(C(=O)O)C(c2c(Cl)cccc2Cl)C(C(=O)O)=C(CCc2ccccc2CSc2ccccc2)N1. The zero-order chi connectivity index (χ0) is 29.5. The van der Waals surface area contributed by atoms with Crippen LogP contribution in [0.15, 0.2) is 100 Å². The molecular weight excluding hydrogens is 585 g/mol. The van der Waals surface area contributed by atoms with Crippen LogP contribution in [0.25, 0.3) is 0 Å². The molecule has 7 nitrogen and oxygen atoms in total. The van der Waals surface area contributed by atoms with E-state index in [0.29, 0.717) is 12.2 Å². The molecule has 1 unspecified atom stereocenters. The Bertz CT molecular complexity index is 1520. The molecule has 3 N–H and O–H groups in total. The van der Waals surface area contributed by atoms with Gasteiger partial charge in [0.25, 0.3) is 0 Å². The molecule has 0 bridgehead atoms. The molecule has 41 heavy (non-hydrogen) atoms. The van der Waals surface area contributed by atoms with Gasteiger partial charge in [-0.25, -0.2) is 9.59 Å². The van der Waals surface area contributed by atoms with Crippen LogP contribution >= 0.6 is 35.0 Å². The van der Waals surface area contributed by atoms with Crippen LogP contribution in [0.4, 0.5) is 0 Å². The monoisotopic (exact) mass is 611 g/mol. The Morgan fingerprint density at radius 1 is 0.805 bits per heavy atom. The van der Waals surface area contributed by atoms with Crippen molar-refractivity contribution in [2.24, 2.45) is 0 Å². The maximum absolute atomic E-state index is 12.8. The summed E-state index contributed by atoms with van der Waals surface area (Å²) in [5.74, 6) is -4.02. The number of hydrogen-bond acceptors (Lipinski definition) is 6. The first-order valence-corrected chi connectivity index (χ1v) is 14.4. The second-order valence-corrected chi connectivity index (χ2v) is 11.1. The molecule has 0 aliphatic carbocycles. The summed E-state index contributed by atoms with van der Waals surface area (Å²) in [7, 11) is 1.19. The lowest BCUT2D eigenvalue weighted by Crippen LogP contribution is -2.34. The number of thioether (sulfide) groups is 1. The smallest absolute Gasteiger partial charge is 0.334 e. The van der Waals surface area contributed by atoms with Crippen molar-refractivity contribution in [3.05, 3.63) is 122 Å². The van der Waals surface area contributed by atoms with Gasteiger partial charge in [0, 0.05) is 37.7 Å².